The van der Waals surface area contributed by atoms with Crippen LogP contribution < -0.4 is 15.8 Å². The number of nitrogen functional groups attached to an aromatic ring is 1. The van der Waals surface area contributed by atoms with Crippen molar-refractivity contribution in [1.82, 2.24) is 5.32 Å². The number of methoxy groups -OCH3 is 1. The van der Waals surface area contributed by atoms with Gasteiger partial charge in [-0.2, -0.15) is 0 Å². The lowest BCUT2D eigenvalue weighted by Crippen LogP contribution is -2.29. The molecule has 0 radical (unpaired) electrons. The molecular formula is C17H20N2O2. The second-order valence-electron chi connectivity index (χ2n) is 4.76. The molecule has 4 nitrogen and oxygen atoms in total. The van der Waals surface area contributed by atoms with Crippen LogP contribution in [0.25, 0.3) is 0 Å². The highest BCUT2D eigenvalue weighted by atomic mass is 16.5. The van der Waals surface area contributed by atoms with Crippen molar-refractivity contribution in [3.63, 3.8) is 0 Å². The summed E-state index contributed by atoms with van der Waals surface area (Å²) < 4.78 is 5.36. The number of carbonyl (C=O) groups is 1. The molecule has 0 heterocycles. The number of amides is 1. The number of nitrogens with one attached hydrogen (secondary N) is 1. The lowest BCUT2D eigenvalue weighted by Gasteiger charge is -2.20. The zero-order valence-corrected chi connectivity index (χ0v) is 12.3. The Morgan fingerprint density at radius 1 is 1.19 bits per heavy atom. The van der Waals surface area contributed by atoms with Crippen LogP contribution in [0.1, 0.15) is 35.3 Å². The quantitative estimate of drug-likeness (QED) is 0.829. The SMILES string of the molecule is CCC(NC(=O)c1ccccc1N)c1ccccc1OC. The van der Waals surface area contributed by atoms with Crippen LogP contribution >= 0.6 is 0 Å². The normalized spacial score (nSPS) is 11.7. The van der Waals surface area contributed by atoms with E-state index in [9.17, 15) is 4.79 Å². The number of para-hydroxylation sites is 2. The smallest absolute Gasteiger partial charge is 0.253 e. The Labute approximate surface area is 124 Å². The Kier molecular flexibility index (Phi) is 4.82. The molecule has 0 bridgehead atoms. The summed E-state index contributed by atoms with van der Waals surface area (Å²) in [6.45, 7) is 2.02. The number of benzene rings is 2. The fourth-order valence-corrected chi connectivity index (χ4v) is 2.29. The van der Waals surface area contributed by atoms with Gasteiger partial charge in [0.15, 0.2) is 0 Å². The first-order chi connectivity index (χ1) is 10.2. The zero-order chi connectivity index (χ0) is 15.2. The van der Waals surface area contributed by atoms with Crippen molar-refractivity contribution in [2.75, 3.05) is 12.8 Å². The Morgan fingerprint density at radius 2 is 1.86 bits per heavy atom. The average molecular weight is 284 g/mol. The molecule has 2 rings (SSSR count). The molecule has 2 aromatic carbocycles. The zero-order valence-electron chi connectivity index (χ0n) is 12.3. The third-order valence-corrected chi connectivity index (χ3v) is 3.43. The monoisotopic (exact) mass is 284 g/mol. The van der Waals surface area contributed by atoms with Gasteiger partial charge >= 0.3 is 0 Å². The number of anilines is 1. The summed E-state index contributed by atoms with van der Waals surface area (Å²) >= 11 is 0. The molecule has 0 saturated carbocycles. The molecule has 0 saturated heterocycles. The van der Waals surface area contributed by atoms with E-state index in [1.54, 1.807) is 25.3 Å². The lowest BCUT2D eigenvalue weighted by atomic mass is 10.0. The predicted octanol–water partition coefficient (Wildman–Crippen LogP) is 3.16. The summed E-state index contributed by atoms with van der Waals surface area (Å²) in [5, 5.41) is 3.02. The van der Waals surface area contributed by atoms with Gasteiger partial charge in [0, 0.05) is 11.3 Å². The van der Waals surface area contributed by atoms with Gasteiger partial charge in [0.05, 0.1) is 18.7 Å². The van der Waals surface area contributed by atoms with Gasteiger partial charge in [-0.05, 0) is 24.6 Å². The maximum Gasteiger partial charge on any atom is 0.253 e. The van der Waals surface area contributed by atoms with E-state index in [-0.39, 0.29) is 11.9 Å². The van der Waals surface area contributed by atoms with Crippen LogP contribution in [0.2, 0.25) is 0 Å². The molecule has 0 aliphatic carbocycles. The molecule has 0 spiro atoms. The molecule has 2 aromatic rings. The van der Waals surface area contributed by atoms with Gasteiger partial charge < -0.3 is 15.8 Å². The summed E-state index contributed by atoms with van der Waals surface area (Å²) in [6, 6.07) is 14.6. The van der Waals surface area contributed by atoms with Crippen LogP contribution in [0.4, 0.5) is 5.69 Å². The van der Waals surface area contributed by atoms with E-state index >= 15 is 0 Å². The topological polar surface area (TPSA) is 64.4 Å². The third-order valence-electron chi connectivity index (χ3n) is 3.43. The first kappa shape index (κ1) is 14.9. The second kappa shape index (κ2) is 6.79. The molecule has 1 amide bonds. The standard InChI is InChI=1S/C17H20N2O2/c1-3-15(13-9-5-7-11-16(13)21-2)19-17(20)12-8-4-6-10-14(12)18/h4-11,15H,3,18H2,1-2H3,(H,19,20). The van der Waals surface area contributed by atoms with Crippen molar-refractivity contribution in [2.24, 2.45) is 0 Å². The van der Waals surface area contributed by atoms with E-state index in [0.29, 0.717) is 11.3 Å². The van der Waals surface area contributed by atoms with Gasteiger partial charge in [-0.3, -0.25) is 4.79 Å². The van der Waals surface area contributed by atoms with E-state index in [4.69, 9.17) is 10.5 Å². The lowest BCUT2D eigenvalue weighted by molar-refractivity contribution is 0.0936. The first-order valence-electron chi connectivity index (χ1n) is 6.95. The maximum atomic E-state index is 12.4. The Morgan fingerprint density at radius 3 is 2.52 bits per heavy atom. The van der Waals surface area contributed by atoms with Crippen LogP contribution in [-0.2, 0) is 0 Å². The minimum absolute atomic E-state index is 0.117. The largest absolute Gasteiger partial charge is 0.496 e. The molecule has 110 valence electrons. The summed E-state index contributed by atoms with van der Waals surface area (Å²) in [6.07, 6.45) is 0.763. The van der Waals surface area contributed by atoms with Crippen molar-refractivity contribution in [3.8, 4) is 5.75 Å². The third kappa shape index (κ3) is 3.34. The fraction of sp³-hybridized carbons (Fsp3) is 0.235. The first-order valence-corrected chi connectivity index (χ1v) is 6.95. The molecule has 4 heteroatoms. The molecule has 0 aromatic heterocycles. The Hall–Kier alpha value is -2.49. The number of nitrogens with two attached hydrogens (primary N) is 1. The van der Waals surface area contributed by atoms with Crippen molar-refractivity contribution in [2.45, 2.75) is 19.4 Å². The van der Waals surface area contributed by atoms with Gasteiger partial charge in [0.1, 0.15) is 5.75 Å². The molecule has 0 aliphatic rings. The Balaban J connectivity index is 2.23. The number of ether oxygens (including phenoxy) is 1. The van der Waals surface area contributed by atoms with Crippen LogP contribution in [0.15, 0.2) is 48.5 Å². The highest BCUT2D eigenvalue weighted by molar-refractivity contribution is 5.99. The summed E-state index contributed by atoms with van der Waals surface area (Å²) in [5.41, 5.74) is 7.78. The van der Waals surface area contributed by atoms with Crippen molar-refractivity contribution >= 4 is 11.6 Å². The Bertz CT molecular complexity index is 626. The molecular weight excluding hydrogens is 264 g/mol. The molecule has 1 unspecified atom stereocenters. The number of rotatable bonds is 5. The van der Waals surface area contributed by atoms with Crippen molar-refractivity contribution in [3.05, 3.63) is 59.7 Å². The summed E-state index contributed by atoms with van der Waals surface area (Å²) in [4.78, 5) is 12.4. The van der Waals surface area contributed by atoms with Crippen molar-refractivity contribution in [1.29, 1.82) is 0 Å². The maximum absolute atomic E-state index is 12.4. The van der Waals surface area contributed by atoms with E-state index in [0.717, 1.165) is 17.7 Å². The molecule has 0 fully saturated rings. The van der Waals surface area contributed by atoms with Gasteiger partial charge in [0.2, 0.25) is 0 Å². The number of hydrogen-bond acceptors (Lipinski definition) is 3. The predicted molar refractivity (Wildman–Crippen MR) is 84.3 cm³/mol. The van der Waals surface area contributed by atoms with E-state index < -0.39 is 0 Å². The molecule has 3 N–H and O–H groups in total. The molecule has 21 heavy (non-hydrogen) atoms. The van der Waals surface area contributed by atoms with Gasteiger partial charge in [-0.1, -0.05) is 37.3 Å². The number of carbonyl (C=O) groups excluding carboxylic acids is 1. The fourth-order valence-electron chi connectivity index (χ4n) is 2.29. The molecule has 1 atom stereocenters. The van der Waals surface area contributed by atoms with Gasteiger partial charge in [0.25, 0.3) is 5.91 Å². The summed E-state index contributed by atoms with van der Waals surface area (Å²) in [5.74, 6) is 0.594. The van der Waals surface area contributed by atoms with E-state index in [1.807, 2.05) is 37.3 Å². The van der Waals surface area contributed by atoms with Gasteiger partial charge in [-0.25, -0.2) is 0 Å². The highest BCUT2D eigenvalue weighted by Crippen LogP contribution is 2.27. The minimum Gasteiger partial charge on any atom is -0.496 e. The van der Waals surface area contributed by atoms with Crippen LogP contribution in [0, 0.1) is 0 Å². The van der Waals surface area contributed by atoms with Crippen LogP contribution in [0.5, 0.6) is 5.75 Å². The van der Waals surface area contributed by atoms with Crippen LogP contribution in [-0.4, -0.2) is 13.0 Å². The number of hydrogen-bond donors (Lipinski definition) is 2. The average Bonchev–Trinajstić information content (AvgIpc) is 2.52. The van der Waals surface area contributed by atoms with Crippen LogP contribution in [0.3, 0.4) is 0 Å². The van der Waals surface area contributed by atoms with Crippen molar-refractivity contribution < 1.29 is 9.53 Å². The van der Waals surface area contributed by atoms with E-state index in [1.165, 1.54) is 0 Å². The molecule has 0 aliphatic heterocycles. The highest BCUT2D eigenvalue weighted by Gasteiger charge is 2.18. The second-order valence-corrected chi connectivity index (χ2v) is 4.76. The summed E-state index contributed by atoms with van der Waals surface area (Å²) in [7, 11) is 1.63. The minimum atomic E-state index is -0.175. The van der Waals surface area contributed by atoms with Gasteiger partial charge in [-0.15, -0.1) is 0 Å². The van der Waals surface area contributed by atoms with E-state index in [2.05, 4.69) is 5.32 Å².